The lowest BCUT2D eigenvalue weighted by molar-refractivity contribution is -0.127. The molecule has 0 unspecified atom stereocenters. The van der Waals surface area contributed by atoms with E-state index in [0.717, 1.165) is 22.2 Å². The van der Waals surface area contributed by atoms with Crippen LogP contribution in [0.4, 0.5) is 14.9 Å². The predicted molar refractivity (Wildman–Crippen MR) is 139 cm³/mol. The van der Waals surface area contributed by atoms with Crippen molar-refractivity contribution in [3.05, 3.63) is 93.1 Å². The number of halogens is 2. The van der Waals surface area contributed by atoms with E-state index in [1.54, 1.807) is 60.7 Å². The van der Waals surface area contributed by atoms with Gasteiger partial charge >= 0.3 is 0 Å². The average Bonchev–Trinajstić information content (AvgIpc) is 3.12. The second kappa shape index (κ2) is 11.4. The topological polar surface area (TPSA) is 84.9 Å². The molecule has 4 rings (SSSR count). The van der Waals surface area contributed by atoms with Crippen LogP contribution >= 0.6 is 27.7 Å². The van der Waals surface area contributed by atoms with Gasteiger partial charge in [-0.15, -0.1) is 0 Å². The van der Waals surface area contributed by atoms with Crippen LogP contribution in [0.3, 0.4) is 0 Å². The van der Waals surface area contributed by atoms with Crippen LogP contribution in [-0.4, -0.2) is 35.6 Å². The summed E-state index contributed by atoms with van der Waals surface area (Å²) in [6.45, 7) is -0.135. The highest BCUT2D eigenvalue weighted by Gasteiger charge is 2.36. The molecule has 7 nitrogen and oxygen atoms in total. The summed E-state index contributed by atoms with van der Waals surface area (Å²) in [6, 6.07) is 18.0. The minimum absolute atomic E-state index is 0.212. The Morgan fingerprint density at radius 2 is 1.81 bits per heavy atom. The highest BCUT2D eigenvalue weighted by atomic mass is 79.9. The van der Waals surface area contributed by atoms with E-state index in [4.69, 9.17) is 9.47 Å². The lowest BCUT2D eigenvalue weighted by atomic mass is 10.2. The van der Waals surface area contributed by atoms with E-state index in [-0.39, 0.29) is 17.3 Å². The highest BCUT2D eigenvalue weighted by Crippen LogP contribution is 2.34. The minimum atomic E-state index is -0.539. The van der Waals surface area contributed by atoms with Gasteiger partial charge in [-0.25, -0.2) is 4.39 Å². The molecule has 0 aromatic heterocycles. The molecule has 1 heterocycles. The lowest BCUT2D eigenvalue weighted by Crippen LogP contribution is -2.36. The van der Waals surface area contributed by atoms with Crippen LogP contribution in [0.15, 0.2) is 76.1 Å². The summed E-state index contributed by atoms with van der Waals surface area (Å²) >= 11 is 4.22. The standard InChI is InChI=1S/C26H20BrFN2O5S/c1-34-20-9-7-19(8-10-20)29-24(31)14-30-25(32)23(36-26(30)33)13-17-4-11-22(21(27)12-17)35-15-16-2-5-18(28)6-3-16/h2-13H,14-15H2,1H3,(H,29,31)/b23-13-. The van der Waals surface area contributed by atoms with E-state index in [1.807, 2.05) is 0 Å². The first-order chi connectivity index (χ1) is 17.3. The Labute approximate surface area is 219 Å². The first-order valence-corrected chi connectivity index (χ1v) is 12.3. The maximum atomic E-state index is 13.0. The first-order valence-electron chi connectivity index (χ1n) is 10.7. The number of carbonyl (C=O) groups is 3. The number of thioether (sulfide) groups is 1. The second-order valence-electron chi connectivity index (χ2n) is 7.65. The van der Waals surface area contributed by atoms with Gasteiger partial charge in [-0.1, -0.05) is 18.2 Å². The number of ether oxygens (including phenoxy) is 2. The molecule has 36 heavy (non-hydrogen) atoms. The maximum Gasteiger partial charge on any atom is 0.294 e. The number of methoxy groups -OCH3 is 1. The Kier molecular flexibility index (Phi) is 8.07. The molecular weight excluding hydrogens is 551 g/mol. The molecule has 10 heteroatoms. The monoisotopic (exact) mass is 570 g/mol. The summed E-state index contributed by atoms with van der Waals surface area (Å²) in [5.74, 6) is -0.133. The largest absolute Gasteiger partial charge is 0.497 e. The molecule has 0 saturated carbocycles. The van der Waals surface area contributed by atoms with Gasteiger partial charge in [-0.05, 0) is 93.4 Å². The van der Waals surface area contributed by atoms with E-state index >= 15 is 0 Å². The second-order valence-corrected chi connectivity index (χ2v) is 9.50. The molecule has 1 fully saturated rings. The van der Waals surface area contributed by atoms with Crippen molar-refractivity contribution in [3.8, 4) is 11.5 Å². The molecule has 0 bridgehead atoms. The van der Waals surface area contributed by atoms with Crippen LogP contribution < -0.4 is 14.8 Å². The zero-order chi connectivity index (χ0) is 25.7. The van der Waals surface area contributed by atoms with Crippen molar-refractivity contribution in [3.63, 3.8) is 0 Å². The Bertz CT molecular complexity index is 1330. The van der Waals surface area contributed by atoms with Crippen molar-refractivity contribution >= 4 is 56.5 Å². The molecular formula is C26H20BrFN2O5S. The van der Waals surface area contributed by atoms with Gasteiger partial charge in [0.05, 0.1) is 16.5 Å². The van der Waals surface area contributed by atoms with Gasteiger partial charge in [0.1, 0.15) is 30.5 Å². The summed E-state index contributed by atoms with van der Waals surface area (Å²) in [4.78, 5) is 38.7. The quantitative estimate of drug-likeness (QED) is 0.342. The third-order valence-corrected chi connectivity index (χ3v) is 6.64. The van der Waals surface area contributed by atoms with Crippen LogP contribution in [0.25, 0.3) is 6.08 Å². The fraction of sp³-hybridized carbons (Fsp3) is 0.115. The molecule has 1 N–H and O–H groups in total. The zero-order valence-electron chi connectivity index (χ0n) is 19.0. The van der Waals surface area contributed by atoms with E-state index < -0.39 is 23.6 Å². The molecule has 3 aromatic carbocycles. The van der Waals surface area contributed by atoms with Crippen LogP contribution in [0.1, 0.15) is 11.1 Å². The third-order valence-electron chi connectivity index (χ3n) is 5.11. The SMILES string of the molecule is COc1ccc(NC(=O)CN2C(=O)S/C(=C\c3ccc(OCc4ccc(F)cc4)c(Br)c3)C2=O)cc1. The number of carbonyl (C=O) groups excluding carboxylic acids is 3. The Morgan fingerprint density at radius 3 is 2.47 bits per heavy atom. The number of amides is 3. The summed E-state index contributed by atoms with van der Waals surface area (Å²) in [6.07, 6.45) is 1.58. The van der Waals surface area contributed by atoms with Crippen LogP contribution in [0, 0.1) is 5.82 Å². The van der Waals surface area contributed by atoms with Crippen molar-refractivity contribution in [1.82, 2.24) is 4.90 Å². The summed E-state index contributed by atoms with van der Waals surface area (Å²) in [7, 11) is 1.54. The molecule has 1 saturated heterocycles. The number of hydrogen-bond donors (Lipinski definition) is 1. The molecule has 0 atom stereocenters. The van der Waals surface area contributed by atoms with Crippen molar-refractivity contribution < 1.29 is 28.2 Å². The van der Waals surface area contributed by atoms with Gasteiger partial charge in [0.2, 0.25) is 5.91 Å². The van der Waals surface area contributed by atoms with Crippen LogP contribution in [0.5, 0.6) is 11.5 Å². The van der Waals surface area contributed by atoms with Crippen molar-refractivity contribution in [2.75, 3.05) is 19.0 Å². The minimum Gasteiger partial charge on any atom is -0.497 e. The third kappa shape index (κ3) is 6.32. The summed E-state index contributed by atoms with van der Waals surface area (Å²) in [5, 5.41) is 2.14. The molecule has 184 valence electrons. The van der Waals surface area contributed by atoms with Crippen LogP contribution in [-0.2, 0) is 16.2 Å². The molecule has 0 spiro atoms. The number of benzene rings is 3. The van der Waals surface area contributed by atoms with Gasteiger partial charge in [0.15, 0.2) is 0 Å². The molecule has 3 aromatic rings. The van der Waals surface area contributed by atoms with E-state index in [1.165, 1.54) is 19.2 Å². The van der Waals surface area contributed by atoms with Gasteiger partial charge in [0, 0.05) is 5.69 Å². The van der Waals surface area contributed by atoms with Crippen molar-refractivity contribution in [1.29, 1.82) is 0 Å². The van der Waals surface area contributed by atoms with Gasteiger partial charge < -0.3 is 14.8 Å². The number of rotatable bonds is 8. The Morgan fingerprint density at radius 1 is 1.08 bits per heavy atom. The molecule has 1 aliphatic rings. The van der Waals surface area contributed by atoms with E-state index in [0.29, 0.717) is 27.2 Å². The average molecular weight is 571 g/mol. The summed E-state index contributed by atoms with van der Waals surface area (Å²) in [5.41, 5.74) is 2.01. The van der Waals surface area contributed by atoms with Crippen molar-refractivity contribution in [2.45, 2.75) is 6.61 Å². The molecule has 0 radical (unpaired) electrons. The predicted octanol–water partition coefficient (Wildman–Crippen LogP) is 5.85. The zero-order valence-corrected chi connectivity index (χ0v) is 21.4. The maximum absolute atomic E-state index is 13.0. The van der Waals surface area contributed by atoms with E-state index in [2.05, 4.69) is 21.2 Å². The Hall–Kier alpha value is -3.63. The van der Waals surface area contributed by atoms with E-state index in [9.17, 15) is 18.8 Å². The summed E-state index contributed by atoms with van der Waals surface area (Å²) < 4.78 is 24.5. The molecule has 1 aliphatic heterocycles. The van der Waals surface area contributed by atoms with Crippen molar-refractivity contribution in [2.24, 2.45) is 0 Å². The van der Waals surface area contributed by atoms with Gasteiger partial charge in [-0.3, -0.25) is 19.3 Å². The smallest absolute Gasteiger partial charge is 0.294 e. The molecule has 3 amide bonds. The first kappa shape index (κ1) is 25.5. The number of hydrogen-bond acceptors (Lipinski definition) is 6. The van der Waals surface area contributed by atoms with Gasteiger partial charge in [0.25, 0.3) is 11.1 Å². The van der Waals surface area contributed by atoms with Crippen LogP contribution in [0.2, 0.25) is 0 Å². The lowest BCUT2D eigenvalue weighted by Gasteiger charge is -2.12. The normalized spacial score (nSPS) is 14.3. The fourth-order valence-electron chi connectivity index (χ4n) is 3.27. The number of nitrogens with one attached hydrogen (secondary N) is 1. The highest BCUT2D eigenvalue weighted by molar-refractivity contribution is 9.10. The van der Waals surface area contributed by atoms with Gasteiger partial charge in [-0.2, -0.15) is 0 Å². The number of nitrogens with zero attached hydrogens (tertiary/aromatic N) is 1. The number of imide groups is 1. The number of anilines is 1. The molecule has 0 aliphatic carbocycles. The Balaban J connectivity index is 1.38. The fourth-order valence-corrected chi connectivity index (χ4v) is 4.62.